The summed E-state index contributed by atoms with van der Waals surface area (Å²) in [5.74, 6) is -0.301. The second-order valence-corrected chi connectivity index (χ2v) is 7.06. The summed E-state index contributed by atoms with van der Waals surface area (Å²) in [4.78, 5) is 38.3. The highest BCUT2D eigenvalue weighted by atomic mass is 16.2. The van der Waals surface area contributed by atoms with Crippen LogP contribution >= 0.6 is 0 Å². The SMILES string of the molecule is CCC(C)c1ccccc1NC(=O)CN1C(=O)NC2(CCCC2)C1=O. The minimum Gasteiger partial charge on any atom is -0.324 e. The van der Waals surface area contributed by atoms with E-state index in [-0.39, 0.29) is 18.4 Å². The maximum absolute atomic E-state index is 12.6. The van der Waals surface area contributed by atoms with Crippen molar-refractivity contribution in [1.82, 2.24) is 10.2 Å². The van der Waals surface area contributed by atoms with E-state index in [1.165, 1.54) is 0 Å². The van der Waals surface area contributed by atoms with Gasteiger partial charge in [0.05, 0.1) is 0 Å². The summed E-state index contributed by atoms with van der Waals surface area (Å²) in [6.07, 6.45) is 4.13. The largest absolute Gasteiger partial charge is 0.325 e. The van der Waals surface area contributed by atoms with Gasteiger partial charge in [0.15, 0.2) is 0 Å². The molecule has 1 heterocycles. The van der Waals surface area contributed by atoms with E-state index in [0.29, 0.717) is 18.8 Å². The molecular formula is C19H25N3O3. The van der Waals surface area contributed by atoms with Crippen LogP contribution < -0.4 is 10.6 Å². The first kappa shape index (κ1) is 17.5. The Hall–Kier alpha value is -2.37. The Bertz CT molecular complexity index is 695. The van der Waals surface area contributed by atoms with Crippen LogP contribution in [0.4, 0.5) is 10.5 Å². The smallest absolute Gasteiger partial charge is 0.324 e. The molecule has 1 atom stereocenters. The molecule has 6 nitrogen and oxygen atoms in total. The van der Waals surface area contributed by atoms with Crippen molar-refractivity contribution in [2.75, 3.05) is 11.9 Å². The fourth-order valence-corrected chi connectivity index (χ4v) is 3.73. The molecule has 1 spiro atoms. The summed E-state index contributed by atoms with van der Waals surface area (Å²) in [7, 11) is 0. The Morgan fingerprint density at radius 2 is 1.96 bits per heavy atom. The maximum atomic E-state index is 12.6. The first-order valence-electron chi connectivity index (χ1n) is 9.00. The van der Waals surface area contributed by atoms with Crippen molar-refractivity contribution in [2.45, 2.75) is 57.4 Å². The Labute approximate surface area is 148 Å². The van der Waals surface area contributed by atoms with Crippen molar-refractivity contribution in [3.8, 4) is 0 Å². The van der Waals surface area contributed by atoms with Crippen LogP contribution in [-0.2, 0) is 9.59 Å². The van der Waals surface area contributed by atoms with Crippen LogP contribution in [0.15, 0.2) is 24.3 Å². The molecule has 1 aromatic carbocycles. The lowest BCUT2D eigenvalue weighted by Crippen LogP contribution is -2.44. The first-order valence-corrected chi connectivity index (χ1v) is 9.00. The van der Waals surface area contributed by atoms with Gasteiger partial charge in [0.2, 0.25) is 5.91 Å². The molecule has 1 saturated carbocycles. The summed E-state index contributed by atoms with van der Waals surface area (Å²) < 4.78 is 0. The molecule has 2 aliphatic rings. The lowest BCUT2D eigenvalue weighted by molar-refractivity contribution is -0.133. The van der Waals surface area contributed by atoms with Gasteiger partial charge in [-0.3, -0.25) is 14.5 Å². The zero-order valence-corrected chi connectivity index (χ0v) is 14.8. The number of carbonyl (C=O) groups excluding carboxylic acids is 3. The molecule has 25 heavy (non-hydrogen) atoms. The molecule has 2 N–H and O–H groups in total. The van der Waals surface area contributed by atoms with Crippen molar-refractivity contribution in [2.24, 2.45) is 0 Å². The van der Waals surface area contributed by atoms with E-state index >= 15 is 0 Å². The van der Waals surface area contributed by atoms with Crippen LogP contribution in [0.3, 0.4) is 0 Å². The first-order chi connectivity index (χ1) is 12.0. The molecule has 1 aromatic rings. The number of anilines is 1. The zero-order chi connectivity index (χ0) is 18.0. The van der Waals surface area contributed by atoms with Crippen LogP contribution in [0.5, 0.6) is 0 Å². The highest BCUT2D eigenvalue weighted by molar-refractivity contribution is 6.10. The summed E-state index contributed by atoms with van der Waals surface area (Å²) in [6, 6.07) is 7.19. The fourth-order valence-electron chi connectivity index (χ4n) is 3.73. The number of hydrogen-bond acceptors (Lipinski definition) is 3. The van der Waals surface area contributed by atoms with Crippen LogP contribution in [-0.4, -0.2) is 34.8 Å². The van der Waals surface area contributed by atoms with E-state index in [1.807, 2.05) is 24.3 Å². The monoisotopic (exact) mass is 343 g/mol. The number of rotatable bonds is 5. The van der Waals surface area contributed by atoms with E-state index < -0.39 is 11.6 Å². The Kier molecular flexibility index (Phi) is 4.79. The number of nitrogens with zero attached hydrogens (tertiary/aromatic N) is 1. The second-order valence-electron chi connectivity index (χ2n) is 7.06. The lowest BCUT2D eigenvalue weighted by atomic mass is 9.97. The molecule has 0 bridgehead atoms. The van der Waals surface area contributed by atoms with Gasteiger partial charge in [0.1, 0.15) is 12.1 Å². The van der Waals surface area contributed by atoms with Crippen LogP contribution in [0.25, 0.3) is 0 Å². The molecule has 134 valence electrons. The normalized spacial score (nSPS) is 20.0. The second kappa shape index (κ2) is 6.86. The maximum Gasteiger partial charge on any atom is 0.325 e. The summed E-state index contributed by atoms with van der Waals surface area (Å²) in [6.45, 7) is 3.95. The van der Waals surface area contributed by atoms with Crippen LogP contribution in [0, 0.1) is 0 Å². The molecule has 1 unspecified atom stereocenters. The molecule has 0 radical (unpaired) electrons. The van der Waals surface area contributed by atoms with Crippen LogP contribution in [0.1, 0.15) is 57.4 Å². The molecule has 1 aliphatic heterocycles. The third-order valence-corrected chi connectivity index (χ3v) is 5.38. The van der Waals surface area contributed by atoms with Gasteiger partial charge in [-0.1, -0.05) is 44.9 Å². The van der Waals surface area contributed by atoms with Crippen molar-refractivity contribution in [3.05, 3.63) is 29.8 Å². The molecular weight excluding hydrogens is 318 g/mol. The topological polar surface area (TPSA) is 78.5 Å². The minimum absolute atomic E-state index is 0.249. The van der Waals surface area contributed by atoms with Gasteiger partial charge in [0.25, 0.3) is 5.91 Å². The third-order valence-electron chi connectivity index (χ3n) is 5.38. The fraction of sp³-hybridized carbons (Fsp3) is 0.526. The average Bonchev–Trinajstić information content (AvgIpc) is 3.16. The number of imide groups is 1. The van der Waals surface area contributed by atoms with Crippen molar-refractivity contribution >= 4 is 23.5 Å². The average molecular weight is 343 g/mol. The van der Waals surface area contributed by atoms with Gasteiger partial charge in [0, 0.05) is 5.69 Å². The molecule has 6 heteroatoms. The molecule has 1 saturated heterocycles. The number of hydrogen-bond donors (Lipinski definition) is 2. The van der Waals surface area contributed by atoms with Gasteiger partial charge >= 0.3 is 6.03 Å². The summed E-state index contributed by atoms with van der Waals surface area (Å²) >= 11 is 0. The number of nitrogens with one attached hydrogen (secondary N) is 2. The van der Waals surface area contributed by atoms with Gasteiger partial charge in [-0.15, -0.1) is 0 Å². The van der Waals surface area contributed by atoms with Crippen molar-refractivity contribution < 1.29 is 14.4 Å². The molecule has 1 aliphatic carbocycles. The zero-order valence-electron chi connectivity index (χ0n) is 14.8. The van der Waals surface area contributed by atoms with E-state index in [2.05, 4.69) is 24.5 Å². The number of para-hydroxylation sites is 1. The lowest BCUT2D eigenvalue weighted by Gasteiger charge is -2.20. The standard InChI is InChI=1S/C19H25N3O3/c1-3-13(2)14-8-4-5-9-15(14)20-16(23)12-22-17(24)19(21-18(22)25)10-6-7-11-19/h4-5,8-9,13H,3,6-7,10-12H2,1-2H3,(H,20,23)(H,21,25). The van der Waals surface area contributed by atoms with Gasteiger partial charge in [-0.2, -0.15) is 0 Å². The minimum atomic E-state index is -0.772. The predicted molar refractivity (Wildman–Crippen MR) is 95.2 cm³/mol. The van der Waals surface area contributed by atoms with Crippen molar-refractivity contribution in [3.63, 3.8) is 0 Å². The van der Waals surface area contributed by atoms with Crippen LogP contribution in [0.2, 0.25) is 0 Å². The quantitative estimate of drug-likeness (QED) is 0.807. The van der Waals surface area contributed by atoms with E-state index in [9.17, 15) is 14.4 Å². The molecule has 0 aromatic heterocycles. The number of urea groups is 1. The van der Waals surface area contributed by atoms with E-state index in [1.54, 1.807) is 0 Å². The number of amides is 4. The third kappa shape index (κ3) is 3.25. The molecule has 4 amide bonds. The van der Waals surface area contributed by atoms with E-state index in [0.717, 1.165) is 35.4 Å². The Balaban J connectivity index is 1.69. The molecule has 3 rings (SSSR count). The highest BCUT2D eigenvalue weighted by Crippen LogP contribution is 2.35. The van der Waals surface area contributed by atoms with Gasteiger partial charge < -0.3 is 10.6 Å². The van der Waals surface area contributed by atoms with E-state index in [4.69, 9.17) is 0 Å². The predicted octanol–water partition coefficient (Wildman–Crippen LogP) is 3.00. The number of benzene rings is 1. The number of carbonyl (C=O) groups is 3. The Morgan fingerprint density at radius 1 is 1.28 bits per heavy atom. The van der Waals surface area contributed by atoms with Crippen molar-refractivity contribution in [1.29, 1.82) is 0 Å². The summed E-state index contributed by atoms with van der Waals surface area (Å²) in [5, 5.41) is 5.65. The summed E-state index contributed by atoms with van der Waals surface area (Å²) in [5.41, 5.74) is 1.03. The molecule has 2 fully saturated rings. The van der Waals surface area contributed by atoms with Gasteiger partial charge in [-0.05, 0) is 36.8 Å². The Morgan fingerprint density at radius 3 is 2.64 bits per heavy atom. The van der Waals surface area contributed by atoms with Gasteiger partial charge in [-0.25, -0.2) is 4.79 Å². The highest BCUT2D eigenvalue weighted by Gasteiger charge is 2.52.